The summed E-state index contributed by atoms with van der Waals surface area (Å²) in [5.74, 6) is 1.07. The lowest BCUT2D eigenvalue weighted by molar-refractivity contribution is 0.328. The van der Waals surface area contributed by atoms with Crippen molar-refractivity contribution in [1.29, 1.82) is 0 Å². The zero-order valence-electron chi connectivity index (χ0n) is 13.3. The van der Waals surface area contributed by atoms with Gasteiger partial charge in [-0.1, -0.05) is 20.8 Å². The molecule has 20 heavy (non-hydrogen) atoms. The molecule has 0 aliphatic rings. The van der Waals surface area contributed by atoms with E-state index in [0.29, 0.717) is 6.04 Å². The van der Waals surface area contributed by atoms with E-state index >= 15 is 0 Å². The summed E-state index contributed by atoms with van der Waals surface area (Å²) in [6, 6.07) is 0.533. The van der Waals surface area contributed by atoms with Gasteiger partial charge in [0.15, 0.2) is 10.8 Å². The lowest BCUT2D eigenvalue weighted by Gasteiger charge is -2.36. The monoisotopic (exact) mass is 294 g/mol. The van der Waals surface area contributed by atoms with Crippen LogP contribution in [0.2, 0.25) is 0 Å². The molecule has 0 saturated heterocycles. The fraction of sp³-hybridized carbons (Fsp3) is 0.667. The van der Waals surface area contributed by atoms with Gasteiger partial charge in [-0.25, -0.2) is 4.98 Å². The van der Waals surface area contributed by atoms with Crippen LogP contribution in [0.15, 0.2) is 11.6 Å². The van der Waals surface area contributed by atoms with E-state index in [-0.39, 0.29) is 11.5 Å². The average molecular weight is 294 g/mol. The number of hydrogen-bond acceptors (Lipinski definition) is 4. The van der Waals surface area contributed by atoms with Crippen molar-refractivity contribution in [2.45, 2.75) is 53.1 Å². The fourth-order valence-electron chi connectivity index (χ4n) is 2.36. The summed E-state index contributed by atoms with van der Waals surface area (Å²) in [5, 5.41) is 2.07. The Morgan fingerprint density at radius 2 is 2.05 bits per heavy atom. The Morgan fingerprint density at radius 3 is 2.60 bits per heavy atom. The summed E-state index contributed by atoms with van der Waals surface area (Å²) in [4.78, 5) is 8.15. The summed E-state index contributed by atoms with van der Waals surface area (Å²) in [6.07, 6.45) is 2.93. The van der Waals surface area contributed by atoms with Crippen LogP contribution in [0.25, 0.3) is 4.96 Å². The van der Waals surface area contributed by atoms with Gasteiger partial charge >= 0.3 is 0 Å². The topological polar surface area (TPSA) is 46.6 Å². The van der Waals surface area contributed by atoms with E-state index in [1.54, 1.807) is 11.3 Å². The number of rotatable bonds is 4. The second-order valence-electron chi connectivity index (χ2n) is 6.77. The maximum absolute atomic E-state index is 6.02. The molecule has 0 spiro atoms. The maximum atomic E-state index is 6.02. The molecule has 2 atom stereocenters. The minimum Gasteiger partial charge on any atom is -0.355 e. The fourth-order valence-corrected chi connectivity index (χ4v) is 3.09. The normalized spacial score (nSPS) is 15.6. The Morgan fingerprint density at radius 1 is 1.40 bits per heavy atom. The number of imidazole rings is 1. The highest BCUT2D eigenvalue weighted by Gasteiger charge is 2.28. The molecule has 112 valence electrons. The molecule has 0 radical (unpaired) electrons. The molecule has 4 nitrogen and oxygen atoms in total. The van der Waals surface area contributed by atoms with Crippen molar-refractivity contribution in [3.63, 3.8) is 0 Å². The largest absolute Gasteiger partial charge is 0.355 e. The molecule has 0 amide bonds. The van der Waals surface area contributed by atoms with Crippen molar-refractivity contribution in [3.8, 4) is 0 Å². The van der Waals surface area contributed by atoms with Crippen molar-refractivity contribution < 1.29 is 0 Å². The molecule has 0 saturated carbocycles. The van der Waals surface area contributed by atoms with Crippen LogP contribution in [-0.2, 0) is 6.42 Å². The van der Waals surface area contributed by atoms with Crippen molar-refractivity contribution in [3.05, 3.63) is 17.3 Å². The van der Waals surface area contributed by atoms with Crippen molar-refractivity contribution in [1.82, 2.24) is 9.38 Å². The molecule has 2 heterocycles. The minimum atomic E-state index is 0.131. The van der Waals surface area contributed by atoms with Gasteiger partial charge in [0.25, 0.3) is 0 Å². The number of thiazole rings is 1. The number of nitrogens with two attached hydrogens (primary N) is 1. The third-order valence-electron chi connectivity index (χ3n) is 4.02. The third kappa shape index (κ3) is 2.83. The molecule has 2 aromatic rings. The molecule has 2 N–H and O–H groups in total. The zero-order valence-corrected chi connectivity index (χ0v) is 14.2. The summed E-state index contributed by atoms with van der Waals surface area (Å²) in [7, 11) is 2.13. The Balaban J connectivity index is 2.44. The summed E-state index contributed by atoms with van der Waals surface area (Å²) in [5.41, 5.74) is 7.44. The molecule has 0 aromatic carbocycles. The van der Waals surface area contributed by atoms with Crippen LogP contribution in [0.1, 0.15) is 40.3 Å². The minimum absolute atomic E-state index is 0.131. The second-order valence-corrected chi connectivity index (χ2v) is 7.65. The second kappa shape index (κ2) is 5.37. The quantitative estimate of drug-likeness (QED) is 0.942. The smallest absolute Gasteiger partial charge is 0.195 e. The Labute approximate surface area is 125 Å². The van der Waals surface area contributed by atoms with E-state index in [1.165, 1.54) is 5.69 Å². The number of anilines is 1. The first-order chi connectivity index (χ1) is 9.21. The van der Waals surface area contributed by atoms with Gasteiger partial charge in [-0.2, -0.15) is 0 Å². The van der Waals surface area contributed by atoms with E-state index in [9.17, 15) is 0 Å². The number of fused-ring (bicyclic) bond motifs is 1. The van der Waals surface area contributed by atoms with Crippen LogP contribution in [0, 0.1) is 5.41 Å². The standard InChI is InChI=1S/C15H26N4S/c1-10(16)9-12-13(17-14-19(12)7-8-20-14)18(6)11(2)15(3,4)5/h7-8,10-11H,9,16H2,1-6H3. The highest BCUT2D eigenvalue weighted by molar-refractivity contribution is 7.15. The van der Waals surface area contributed by atoms with Gasteiger partial charge in [-0.15, -0.1) is 11.3 Å². The van der Waals surface area contributed by atoms with E-state index in [1.807, 2.05) is 6.92 Å². The lowest BCUT2D eigenvalue weighted by atomic mass is 9.87. The van der Waals surface area contributed by atoms with Crippen LogP contribution >= 0.6 is 11.3 Å². The average Bonchev–Trinajstić information content (AvgIpc) is 2.88. The van der Waals surface area contributed by atoms with E-state index in [4.69, 9.17) is 10.7 Å². The van der Waals surface area contributed by atoms with Crippen molar-refractivity contribution in [2.75, 3.05) is 11.9 Å². The molecule has 0 aliphatic carbocycles. The molecule has 0 fully saturated rings. The lowest BCUT2D eigenvalue weighted by Crippen LogP contribution is -2.40. The Hall–Kier alpha value is -1.07. The summed E-state index contributed by atoms with van der Waals surface area (Å²) < 4.78 is 2.18. The van der Waals surface area contributed by atoms with Gasteiger partial charge in [-0.3, -0.25) is 4.40 Å². The van der Waals surface area contributed by atoms with Crippen LogP contribution in [0.5, 0.6) is 0 Å². The molecule has 0 bridgehead atoms. The van der Waals surface area contributed by atoms with E-state index in [0.717, 1.165) is 17.2 Å². The van der Waals surface area contributed by atoms with Crippen LogP contribution in [0.3, 0.4) is 0 Å². The molecule has 2 aromatic heterocycles. The first kappa shape index (κ1) is 15.3. The predicted octanol–water partition coefficient (Wildman–Crippen LogP) is 3.16. The van der Waals surface area contributed by atoms with Gasteiger partial charge in [0.1, 0.15) is 0 Å². The summed E-state index contributed by atoms with van der Waals surface area (Å²) in [6.45, 7) is 11.1. The molecule has 2 unspecified atom stereocenters. The first-order valence-electron chi connectivity index (χ1n) is 7.14. The molecule has 0 aliphatic heterocycles. The maximum Gasteiger partial charge on any atom is 0.195 e. The molecular formula is C15H26N4S. The first-order valence-corrected chi connectivity index (χ1v) is 8.02. The SMILES string of the molecule is CC(N)Cc1c(N(C)C(C)C(C)(C)C)nc2sccn12. The van der Waals surface area contributed by atoms with Crippen molar-refractivity contribution in [2.24, 2.45) is 11.1 Å². The predicted molar refractivity (Wildman–Crippen MR) is 87.7 cm³/mol. The molecule has 5 heteroatoms. The highest BCUT2D eigenvalue weighted by atomic mass is 32.1. The van der Waals surface area contributed by atoms with Crippen molar-refractivity contribution >= 4 is 22.1 Å². The zero-order chi connectivity index (χ0) is 15.1. The van der Waals surface area contributed by atoms with Gasteiger partial charge in [0.05, 0.1) is 5.69 Å². The van der Waals surface area contributed by atoms with Gasteiger partial charge < -0.3 is 10.6 Å². The third-order valence-corrected chi connectivity index (χ3v) is 4.78. The van der Waals surface area contributed by atoms with Gasteiger partial charge in [0.2, 0.25) is 0 Å². The van der Waals surface area contributed by atoms with Crippen LogP contribution in [-0.4, -0.2) is 28.5 Å². The van der Waals surface area contributed by atoms with E-state index in [2.05, 4.69) is 55.6 Å². The van der Waals surface area contributed by atoms with E-state index < -0.39 is 0 Å². The van der Waals surface area contributed by atoms with Gasteiger partial charge in [-0.05, 0) is 19.3 Å². The molecular weight excluding hydrogens is 268 g/mol. The Bertz CT molecular complexity index is 576. The highest BCUT2D eigenvalue weighted by Crippen LogP contribution is 2.31. The number of hydrogen-bond donors (Lipinski definition) is 1. The van der Waals surface area contributed by atoms with Crippen LogP contribution < -0.4 is 10.6 Å². The molecule has 2 rings (SSSR count). The number of nitrogens with zero attached hydrogens (tertiary/aromatic N) is 3. The number of aromatic nitrogens is 2. The van der Waals surface area contributed by atoms with Crippen LogP contribution in [0.4, 0.5) is 5.82 Å². The summed E-state index contributed by atoms with van der Waals surface area (Å²) >= 11 is 1.67. The van der Waals surface area contributed by atoms with Gasteiger partial charge in [0, 0.05) is 37.1 Å². The Kier molecular flexibility index (Phi) is 4.12.